The normalized spacial score (nSPS) is 23.1. The number of ether oxygens (including phenoxy) is 6. The molecule has 0 aliphatic carbocycles. The second-order valence-corrected chi connectivity index (χ2v) is 10.3. The third-order valence-electron chi connectivity index (χ3n) is 7.33. The number of hydrogen-bond donors (Lipinski definition) is 0. The summed E-state index contributed by atoms with van der Waals surface area (Å²) in [5, 5.41) is 0. The van der Waals surface area contributed by atoms with Crippen LogP contribution in [0.5, 0.6) is 17.2 Å². The maximum absolute atomic E-state index is 5.88. The van der Waals surface area contributed by atoms with E-state index in [1.807, 2.05) is 0 Å². The predicted octanol–water partition coefficient (Wildman–Crippen LogP) is 4.96. The van der Waals surface area contributed by atoms with E-state index in [-0.39, 0.29) is 23.7 Å². The third kappa shape index (κ3) is 6.63. The summed E-state index contributed by atoms with van der Waals surface area (Å²) in [6.07, 6.45) is 2.65. The van der Waals surface area contributed by atoms with Gasteiger partial charge >= 0.3 is 0 Å². The van der Waals surface area contributed by atoms with Gasteiger partial charge in [0, 0.05) is 5.41 Å². The first kappa shape index (κ1) is 24.3. The lowest BCUT2D eigenvalue weighted by Crippen LogP contribution is -2.24. The second kappa shape index (κ2) is 10.7. The van der Waals surface area contributed by atoms with Gasteiger partial charge in [-0.15, -0.1) is 0 Å². The van der Waals surface area contributed by atoms with Crippen molar-refractivity contribution in [3.8, 4) is 17.2 Å². The van der Waals surface area contributed by atoms with Gasteiger partial charge in [-0.1, -0.05) is 43.3 Å². The van der Waals surface area contributed by atoms with Gasteiger partial charge in [0.15, 0.2) is 0 Å². The maximum atomic E-state index is 5.88. The van der Waals surface area contributed by atoms with Crippen molar-refractivity contribution in [2.45, 2.75) is 43.5 Å². The molecule has 3 unspecified atom stereocenters. The minimum atomic E-state index is -0.186. The van der Waals surface area contributed by atoms with E-state index in [9.17, 15) is 0 Å². The molecule has 3 fully saturated rings. The van der Waals surface area contributed by atoms with Crippen LogP contribution in [0.15, 0.2) is 72.8 Å². The summed E-state index contributed by atoms with van der Waals surface area (Å²) in [4.78, 5) is 0. The Morgan fingerprint density at radius 2 is 0.946 bits per heavy atom. The van der Waals surface area contributed by atoms with Gasteiger partial charge in [0.05, 0.1) is 19.8 Å². The molecule has 0 aromatic heterocycles. The SMILES string of the molecule is CC(CCc1ccc(OCC2CO2)cc1)(c1ccc(OCC2CO2)cc1)c1ccc(OCC2CO2)cc1. The average molecular weight is 503 g/mol. The zero-order valence-corrected chi connectivity index (χ0v) is 21.3. The molecule has 0 radical (unpaired) electrons. The van der Waals surface area contributed by atoms with Crippen molar-refractivity contribution < 1.29 is 28.4 Å². The smallest absolute Gasteiger partial charge is 0.119 e. The van der Waals surface area contributed by atoms with Crippen LogP contribution in [0.25, 0.3) is 0 Å². The molecule has 6 rings (SSSR count). The molecule has 0 saturated carbocycles. The van der Waals surface area contributed by atoms with Gasteiger partial charge in [-0.2, -0.15) is 0 Å². The molecule has 3 aliphatic heterocycles. The molecule has 6 nitrogen and oxygen atoms in total. The van der Waals surface area contributed by atoms with Crippen molar-refractivity contribution in [2.24, 2.45) is 0 Å². The van der Waals surface area contributed by atoms with Gasteiger partial charge in [-0.3, -0.25) is 0 Å². The third-order valence-corrected chi connectivity index (χ3v) is 7.33. The Morgan fingerprint density at radius 1 is 0.595 bits per heavy atom. The van der Waals surface area contributed by atoms with E-state index in [2.05, 4.69) is 79.7 Å². The Morgan fingerprint density at radius 3 is 1.30 bits per heavy atom. The topological polar surface area (TPSA) is 65.3 Å². The van der Waals surface area contributed by atoms with E-state index in [1.54, 1.807) is 0 Å². The maximum Gasteiger partial charge on any atom is 0.119 e. The van der Waals surface area contributed by atoms with Gasteiger partial charge in [0.1, 0.15) is 55.4 Å². The second-order valence-electron chi connectivity index (χ2n) is 10.3. The molecule has 3 atom stereocenters. The Kier molecular flexibility index (Phi) is 7.05. The number of aryl methyl sites for hydroxylation is 1. The molecule has 0 amide bonds. The van der Waals surface area contributed by atoms with Gasteiger partial charge in [0.2, 0.25) is 0 Å². The number of rotatable bonds is 14. The highest BCUT2D eigenvalue weighted by Gasteiger charge is 2.30. The minimum Gasteiger partial charge on any atom is -0.491 e. The Labute approximate surface area is 218 Å². The van der Waals surface area contributed by atoms with Crippen molar-refractivity contribution in [3.63, 3.8) is 0 Å². The Bertz CT molecular complexity index is 1090. The lowest BCUT2D eigenvalue weighted by Gasteiger charge is -2.32. The first-order valence-electron chi connectivity index (χ1n) is 13.2. The summed E-state index contributed by atoms with van der Waals surface area (Å²) < 4.78 is 33.3. The first-order valence-corrected chi connectivity index (χ1v) is 13.2. The summed E-state index contributed by atoms with van der Waals surface area (Å²) in [5.41, 5.74) is 3.61. The highest BCUT2D eigenvalue weighted by molar-refractivity contribution is 5.43. The van der Waals surface area contributed by atoms with Gasteiger partial charge in [0.25, 0.3) is 0 Å². The Balaban J connectivity index is 1.17. The van der Waals surface area contributed by atoms with E-state index in [1.165, 1.54) is 16.7 Å². The van der Waals surface area contributed by atoms with E-state index in [4.69, 9.17) is 28.4 Å². The fourth-order valence-electron chi connectivity index (χ4n) is 4.50. The number of epoxide rings is 3. The number of hydrogen-bond acceptors (Lipinski definition) is 6. The molecule has 3 aliphatic rings. The van der Waals surface area contributed by atoms with E-state index in [0.29, 0.717) is 19.8 Å². The lowest BCUT2D eigenvalue weighted by atomic mass is 9.72. The molecule has 3 heterocycles. The average Bonchev–Trinajstić information content (AvgIpc) is 3.78. The van der Waals surface area contributed by atoms with Crippen LogP contribution in [0, 0.1) is 0 Å². The quantitative estimate of drug-likeness (QED) is 0.291. The first-order chi connectivity index (χ1) is 18.1. The number of benzene rings is 3. The monoisotopic (exact) mass is 502 g/mol. The molecule has 6 heteroatoms. The minimum absolute atomic E-state index is 0.186. The van der Waals surface area contributed by atoms with Crippen LogP contribution in [0.3, 0.4) is 0 Å². The molecule has 0 N–H and O–H groups in total. The van der Waals surface area contributed by atoms with Crippen LogP contribution in [0.1, 0.15) is 30.0 Å². The van der Waals surface area contributed by atoms with Crippen LogP contribution < -0.4 is 14.2 Å². The Hall–Kier alpha value is -3.06. The summed E-state index contributed by atoms with van der Waals surface area (Å²) >= 11 is 0. The largest absolute Gasteiger partial charge is 0.491 e. The summed E-state index contributed by atoms with van der Waals surface area (Å²) in [5.74, 6) is 2.64. The molecule has 0 spiro atoms. The molecule has 3 saturated heterocycles. The van der Waals surface area contributed by atoms with Gasteiger partial charge in [-0.05, 0) is 65.9 Å². The fraction of sp³-hybridized carbons (Fsp3) is 0.419. The van der Waals surface area contributed by atoms with E-state index < -0.39 is 0 Å². The van der Waals surface area contributed by atoms with Crippen LogP contribution >= 0.6 is 0 Å². The summed E-state index contributed by atoms with van der Waals surface area (Å²) in [6, 6.07) is 25.5. The van der Waals surface area contributed by atoms with Gasteiger partial charge < -0.3 is 28.4 Å². The molecule has 3 aromatic rings. The predicted molar refractivity (Wildman–Crippen MR) is 140 cm³/mol. The molecular formula is C31H34O6. The summed E-state index contributed by atoms with van der Waals surface area (Å²) in [6.45, 7) is 6.56. The van der Waals surface area contributed by atoms with Crippen molar-refractivity contribution in [3.05, 3.63) is 89.5 Å². The van der Waals surface area contributed by atoms with Crippen LogP contribution in [0.2, 0.25) is 0 Å². The molecule has 194 valence electrons. The molecule has 3 aromatic carbocycles. The highest BCUT2D eigenvalue weighted by Crippen LogP contribution is 2.38. The van der Waals surface area contributed by atoms with Crippen molar-refractivity contribution in [1.82, 2.24) is 0 Å². The van der Waals surface area contributed by atoms with Crippen LogP contribution in [-0.4, -0.2) is 58.0 Å². The standard InChI is InChI=1S/C31H34O6/c1-31(23-4-10-26(11-5-23)33-17-29-20-36-29,24-6-12-27(13-7-24)34-18-30-21-37-30)15-14-22-2-8-25(9-3-22)32-16-28-19-35-28/h2-13,28-30H,14-21H2,1H3. The lowest BCUT2D eigenvalue weighted by molar-refractivity contribution is 0.262. The highest BCUT2D eigenvalue weighted by atomic mass is 16.6. The van der Waals surface area contributed by atoms with Crippen molar-refractivity contribution in [2.75, 3.05) is 39.6 Å². The zero-order chi connectivity index (χ0) is 25.1. The molecule has 37 heavy (non-hydrogen) atoms. The summed E-state index contributed by atoms with van der Waals surface area (Å²) in [7, 11) is 0. The molecular weight excluding hydrogens is 468 g/mol. The van der Waals surface area contributed by atoms with E-state index in [0.717, 1.165) is 49.9 Å². The molecule has 0 bridgehead atoms. The zero-order valence-electron chi connectivity index (χ0n) is 21.3. The van der Waals surface area contributed by atoms with Crippen LogP contribution in [-0.2, 0) is 26.0 Å². The van der Waals surface area contributed by atoms with Crippen molar-refractivity contribution in [1.29, 1.82) is 0 Å². The van der Waals surface area contributed by atoms with Gasteiger partial charge in [-0.25, -0.2) is 0 Å². The fourth-order valence-corrected chi connectivity index (χ4v) is 4.50. The van der Waals surface area contributed by atoms with Crippen LogP contribution in [0.4, 0.5) is 0 Å². The van der Waals surface area contributed by atoms with Crippen molar-refractivity contribution >= 4 is 0 Å². The van der Waals surface area contributed by atoms with E-state index >= 15 is 0 Å².